The number of pyridine rings is 1. The maximum absolute atomic E-state index is 12.6. The van der Waals surface area contributed by atoms with Crippen LogP contribution in [0, 0.1) is 6.92 Å². The lowest BCUT2D eigenvalue weighted by Crippen LogP contribution is -2.43. The van der Waals surface area contributed by atoms with Gasteiger partial charge in [-0.05, 0) is 55.5 Å². The van der Waals surface area contributed by atoms with Gasteiger partial charge in [0.25, 0.3) is 5.91 Å². The molecule has 3 aromatic rings. The van der Waals surface area contributed by atoms with Crippen LogP contribution in [0.3, 0.4) is 0 Å². The van der Waals surface area contributed by atoms with Crippen molar-refractivity contribution < 1.29 is 4.79 Å². The highest BCUT2D eigenvalue weighted by Crippen LogP contribution is 2.37. The molecule has 2 heterocycles. The number of aryl methyl sites for hydroxylation is 1. The zero-order chi connectivity index (χ0) is 16.7. The van der Waals surface area contributed by atoms with Gasteiger partial charge in [-0.3, -0.25) is 4.79 Å². The molecule has 5 heteroatoms. The summed E-state index contributed by atoms with van der Waals surface area (Å²) in [5, 5.41) is 3.91. The van der Waals surface area contributed by atoms with E-state index in [2.05, 4.69) is 16.4 Å². The molecular weight excluding hydrogens is 322 g/mol. The van der Waals surface area contributed by atoms with E-state index < -0.39 is 0 Å². The van der Waals surface area contributed by atoms with Gasteiger partial charge in [0, 0.05) is 16.8 Å². The Morgan fingerprint density at radius 3 is 2.92 bits per heavy atom. The van der Waals surface area contributed by atoms with Crippen molar-refractivity contribution in [1.82, 2.24) is 14.7 Å². The topological polar surface area (TPSA) is 46.4 Å². The van der Waals surface area contributed by atoms with Gasteiger partial charge in [0.2, 0.25) is 0 Å². The lowest BCUT2D eigenvalue weighted by molar-refractivity contribution is 0.0908. The fourth-order valence-corrected chi connectivity index (χ4v) is 3.60. The Balaban J connectivity index is 1.43. The molecule has 1 aliphatic carbocycles. The van der Waals surface area contributed by atoms with Crippen LogP contribution in [0.25, 0.3) is 5.52 Å². The second kappa shape index (κ2) is 5.95. The van der Waals surface area contributed by atoms with E-state index in [1.54, 1.807) is 12.5 Å². The van der Waals surface area contributed by atoms with E-state index in [1.807, 2.05) is 41.7 Å². The van der Waals surface area contributed by atoms with Crippen LogP contribution in [0.5, 0.6) is 0 Å². The second-order valence-electron chi connectivity index (χ2n) is 6.41. The summed E-state index contributed by atoms with van der Waals surface area (Å²) in [5.74, 6) is 0.462. The molecular formula is C19H18ClN3O. The molecule has 122 valence electrons. The molecule has 1 aromatic carbocycles. The number of hydrogen-bond acceptors (Lipinski definition) is 2. The van der Waals surface area contributed by atoms with Gasteiger partial charge in [-0.25, -0.2) is 4.98 Å². The Morgan fingerprint density at radius 2 is 2.12 bits per heavy atom. The summed E-state index contributed by atoms with van der Waals surface area (Å²) in [6.07, 6.45) is 5.44. The first-order valence-corrected chi connectivity index (χ1v) is 8.47. The molecule has 0 radical (unpaired) electrons. The van der Waals surface area contributed by atoms with Crippen molar-refractivity contribution in [3.63, 3.8) is 0 Å². The molecule has 4 nitrogen and oxygen atoms in total. The van der Waals surface area contributed by atoms with Crippen molar-refractivity contribution in [2.45, 2.75) is 31.7 Å². The predicted molar refractivity (Wildman–Crippen MR) is 94.6 cm³/mol. The summed E-state index contributed by atoms with van der Waals surface area (Å²) in [7, 11) is 0. The van der Waals surface area contributed by atoms with Crippen LogP contribution in [-0.4, -0.2) is 21.3 Å². The Labute approximate surface area is 145 Å². The van der Waals surface area contributed by atoms with Gasteiger partial charge in [0.1, 0.15) is 0 Å². The molecule has 24 heavy (non-hydrogen) atoms. The number of imidazole rings is 1. The lowest BCUT2D eigenvalue weighted by Gasteiger charge is -2.36. The molecule has 0 saturated heterocycles. The molecule has 2 aromatic heterocycles. The number of nitrogens with zero attached hydrogens (tertiary/aromatic N) is 2. The summed E-state index contributed by atoms with van der Waals surface area (Å²) < 4.78 is 1.93. The number of carbonyl (C=O) groups excluding carboxylic acids is 1. The number of carbonyl (C=O) groups is 1. The maximum atomic E-state index is 12.6. The van der Waals surface area contributed by atoms with Crippen molar-refractivity contribution in [2.24, 2.45) is 0 Å². The van der Waals surface area contributed by atoms with E-state index in [-0.39, 0.29) is 11.9 Å². The lowest BCUT2D eigenvalue weighted by atomic mass is 9.76. The van der Waals surface area contributed by atoms with Crippen LogP contribution < -0.4 is 5.32 Å². The third kappa shape index (κ3) is 2.67. The quantitative estimate of drug-likeness (QED) is 0.784. The molecule has 0 aliphatic heterocycles. The largest absolute Gasteiger partial charge is 0.349 e. The average molecular weight is 340 g/mol. The van der Waals surface area contributed by atoms with Gasteiger partial charge in [0.05, 0.1) is 23.6 Å². The zero-order valence-electron chi connectivity index (χ0n) is 13.4. The van der Waals surface area contributed by atoms with Gasteiger partial charge < -0.3 is 9.72 Å². The minimum Gasteiger partial charge on any atom is -0.349 e. The Hall–Kier alpha value is -2.33. The van der Waals surface area contributed by atoms with E-state index in [0.29, 0.717) is 11.5 Å². The minimum absolute atomic E-state index is 0.0161. The molecule has 1 aliphatic rings. The third-order valence-electron chi connectivity index (χ3n) is 4.88. The van der Waals surface area contributed by atoms with E-state index in [0.717, 1.165) is 29.1 Å². The highest BCUT2D eigenvalue weighted by atomic mass is 35.5. The van der Waals surface area contributed by atoms with Crippen LogP contribution in [-0.2, 0) is 0 Å². The molecule has 0 atom stereocenters. The van der Waals surface area contributed by atoms with Gasteiger partial charge in [-0.1, -0.05) is 23.7 Å². The van der Waals surface area contributed by atoms with Crippen molar-refractivity contribution in [1.29, 1.82) is 0 Å². The highest BCUT2D eigenvalue weighted by Gasteiger charge is 2.32. The number of amides is 1. The fourth-order valence-electron chi connectivity index (χ4n) is 3.40. The van der Waals surface area contributed by atoms with E-state index in [1.165, 1.54) is 5.56 Å². The van der Waals surface area contributed by atoms with Gasteiger partial charge in [-0.15, -0.1) is 0 Å². The van der Waals surface area contributed by atoms with E-state index in [9.17, 15) is 4.79 Å². The second-order valence-corrected chi connectivity index (χ2v) is 6.85. The summed E-state index contributed by atoms with van der Waals surface area (Å²) >= 11 is 6.05. The normalized spacial score (nSPS) is 19.9. The number of fused-ring (bicyclic) bond motifs is 1. The van der Waals surface area contributed by atoms with Crippen LogP contribution >= 0.6 is 11.6 Å². The number of nitrogens with one attached hydrogen (secondary N) is 1. The molecule has 0 bridgehead atoms. The highest BCUT2D eigenvalue weighted by molar-refractivity contribution is 6.30. The summed E-state index contributed by atoms with van der Waals surface area (Å²) in [5.41, 5.74) is 3.86. The number of aromatic nitrogens is 2. The molecule has 1 N–H and O–H groups in total. The third-order valence-corrected chi connectivity index (χ3v) is 5.11. The van der Waals surface area contributed by atoms with E-state index >= 15 is 0 Å². The summed E-state index contributed by atoms with van der Waals surface area (Å²) in [6, 6.07) is 12.0. The predicted octanol–water partition coefficient (Wildman–Crippen LogP) is 3.97. The molecule has 0 spiro atoms. The SMILES string of the molecule is Cc1c(C(=O)NC2CC(c3cccc(Cl)c3)C2)ccc2cncn12. The first kappa shape index (κ1) is 15.2. The minimum atomic E-state index is -0.0161. The summed E-state index contributed by atoms with van der Waals surface area (Å²) in [6.45, 7) is 1.94. The molecule has 4 rings (SSSR count). The summed E-state index contributed by atoms with van der Waals surface area (Å²) in [4.78, 5) is 16.7. The monoisotopic (exact) mass is 339 g/mol. The van der Waals surface area contributed by atoms with Crippen LogP contribution in [0.4, 0.5) is 0 Å². The Bertz CT molecular complexity index is 912. The number of benzene rings is 1. The molecule has 1 saturated carbocycles. The Morgan fingerprint density at radius 1 is 1.29 bits per heavy atom. The van der Waals surface area contributed by atoms with E-state index in [4.69, 9.17) is 11.6 Å². The molecule has 1 fully saturated rings. The first-order valence-electron chi connectivity index (χ1n) is 8.10. The molecule has 1 amide bonds. The van der Waals surface area contributed by atoms with Gasteiger partial charge >= 0.3 is 0 Å². The number of hydrogen-bond donors (Lipinski definition) is 1. The Kier molecular flexibility index (Phi) is 3.77. The van der Waals surface area contributed by atoms with Crippen molar-refractivity contribution in [3.8, 4) is 0 Å². The standard InChI is InChI=1S/C19H18ClN3O/c1-12-18(6-5-17-10-21-11-23(12)17)19(24)22-16-8-14(9-16)13-3-2-4-15(20)7-13/h2-7,10-11,14,16H,8-9H2,1H3,(H,22,24). The zero-order valence-corrected chi connectivity index (χ0v) is 14.1. The number of halogens is 1. The first-order chi connectivity index (χ1) is 11.6. The van der Waals surface area contributed by atoms with Crippen molar-refractivity contribution in [2.75, 3.05) is 0 Å². The average Bonchev–Trinajstić information content (AvgIpc) is 3.00. The van der Waals surface area contributed by atoms with Crippen LogP contribution in [0.15, 0.2) is 48.9 Å². The van der Waals surface area contributed by atoms with Crippen LogP contribution in [0.2, 0.25) is 5.02 Å². The van der Waals surface area contributed by atoms with Gasteiger partial charge in [-0.2, -0.15) is 0 Å². The molecule has 0 unspecified atom stereocenters. The van der Waals surface area contributed by atoms with Crippen molar-refractivity contribution in [3.05, 3.63) is 70.8 Å². The number of rotatable bonds is 3. The fraction of sp³-hybridized carbons (Fsp3) is 0.263. The smallest absolute Gasteiger partial charge is 0.253 e. The van der Waals surface area contributed by atoms with Crippen molar-refractivity contribution >= 4 is 23.0 Å². The van der Waals surface area contributed by atoms with Crippen LogP contribution in [0.1, 0.15) is 40.4 Å². The maximum Gasteiger partial charge on any atom is 0.253 e. The van der Waals surface area contributed by atoms with Gasteiger partial charge in [0.15, 0.2) is 0 Å².